The maximum absolute atomic E-state index is 12.6. The van der Waals surface area contributed by atoms with Gasteiger partial charge in [0.2, 0.25) is 0 Å². The molecule has 0 aliphatic heterocycles. The molecule has 2 N–H and O–H groups in total. The summed E-state index contributed by atoms with van der Waals surface area (Å²) in [4.78, 5) is 17.1. The Balaban J connectivity index is 1.76. The molecule has 0 radical (unpaired) electrons. The zero-order valence-corrected chi connectivity index (χ0v) is 13.1. The summed E-state index contributed by atoms with van der Waals surface area (Å²) in [6.45, 7) is 4.19. The van der Waals surface area contributed by atoms with E-state index >= 15 is 0 Å². The molecule has 0 aromatic carbocycles. The highest BCUT2D eigenvalue weighted by Gasteiger charge is 2.40. The quantitative estimate of drug-likeness (QED) is 0.894. The predicted molar refractivity (Wildman–Crippen MR) is 84.6 cm³/mol. The van der Waals surface area contributed by atoms with Crippen molar-refractivity contribution in [3.05, 3.63) is 23.4 Å². The van der Waals surface area contributed by atoms with E-state index in [2.05, 4.69) is 29.5 Å². The van der Waals surface area contributed by atoms with Crippen molar-refractivity contribution in [1.82, 2.24) is 10.3 Å². The third kappa shape index (κ3) is 2.89. The number of hydrogen-bond acceptors (Lipinski definition) is 3. The lowest BCUT2D eigenvalue weighted by molar-refractivity contribution is 0.0922. The molecule has 0 spiro atoms. The van der Waals surface area contributed by atoms with Gasteiger partial charge in [-0.25, -0.2) is 4.98 Å². The molecule has 114 valence electrons. The Morgan fingerprint density at radius 3 is 2.67 bits per heavy atom. The van der Waals surface area contributed by atoms with Crippen molar-refractivity contribution in [1.29, 1.82) is 0 Å². The summed E-state index contributed by atoms with van der Waals surface area (Å²) < 4.78 is 0. The van der Waals surface area contributed by atoms with Gasteiger partial charge in [0.05, 0.1) is 0 Å². The highest BCUT2D eigenvalue weighted by molar-refractivity contribution is 5.95. The van der Waals surface area contributed by atoms with Crippen LogP contribution in [0.1, 0.15) is 61.5 Å². The van der Waals surface area contributed by atoms with Gasteiger partial charge in [0, 0.05) is 24.3 Å². The number of aromatic nitrogens is 1. The number of nitrogens with zero attached hydrogens (tertiary/aromatic N) is 1. The van der Waals surface area contributed by atoms with E-state index in [4.69, 9.17) is 0 Å². The van der Waals surface area contributed by atoms with Gasteiger partial charge in [-0.05, 0) is 49.1 Å². The monoisotopic (exact) mass is 287 g/mol. The van der Waals surface area contributed by atoms with E-state index in [0.29, 0.717) is 17.9 Å². The zero-order chi connectivity index (χ0) is 15.0. The standard InChI is InChI=1S/C17H25N3O/c1-10(2)14-8-13(9-16(18-3)19-14)17(21)20-15-7-11-4-5-12(15)6-11/h8-12,15H,4-7H2,1-3H3,(H,18,19)(H,20,21). The number of rotatable bonds is 4. The first-order chi connectivity index (χ1) is 10.1. The minimum atomic E-state index is 0.0494. The highest BCUT2D eigenvalue weighted by atomic mass is 16.1. The zero-order valence-electron chi connectivity index (χ0n) is 13.1. The summed E-state index contributed by atoms with van der Waals surface area (Å²) in [5.41, 5.74) is 1.68. The summed E-state index contributed by atoms with van der Waals surface area (Å²) in [6, 6.07) is 4.15. The number of carbonyl (C=O) groups is 1. The third-order valence-electron chi connectivity index (χ3n) is 5.01. The van der Waals surface area contributed by atoms with Crippen LogP contribution in [0.3, 0.4) is 0 Å². The van der Waals surface area contributed by atoms with Crippen LogP contribution in [0.2, 0.25) is 0 Å². The van der Waals surface area contributed by atoms with E-state index in [1.807, 2.05) is 19.2 Å². The molecule has 1 aromatic heterocycles. The molecule has 21 heavy (non-hydrogen) atoms. The van der Waals surface area contributed by atoms with Gasteiger partial charge in [-0.3, -0.25) is 4.79 Å². The molecule has 0 saturated heterocycles. The van der Waals surface area contributed by atoms with Gasteiger partial charge < -0.3 is 10.6 Å². The van der Waals surface area contributed by atoms with E-state index in [1.54, 1.807) is 0 Å². The van der Waals surface area contributed by atoms with Crippen LogP contribution in [0.25, 0.3) is 0 Å². The number of pyridine rings is 1. The number of carbonyl (C=O) groups excluding carboxylic acids is 1. The summed E-state index contributed by atoms with van der Waals surface area (Å²) >= 11 is 0. The van der Waals surface area contributed by atoms with Gasteiger partial charge >= 0.3 is 0 Å². The fraction of sp³-hybridized carbons (Fsp3) is 0.647. The Bertz CT molecular complexity index is 541. The van der Waals surface area contributed by atoms with Gasteiger partial charge in [0.1, 0.15) is 5.82 Å². The van der Waals surface area contributed by atoms with Crippen molar-refractivity contribution in [3.8, 4) is 0 Å². The Morgan fingerprint density at radius 2 is 2.10 bits per heavy atom. The Labute approximate surface area is 126 Å². The molecule has 2 fully saturated rings. The van der Waals surface area contributed by atoms with Crippen LogP contribution in [-0.4, -0.2) is 24.0 Å². The van der Waals surface area contributed by atoms with Crippen molar-refractivity contribution < 1.29 is 4.79 Å². The molecule has 1 amide bonds. The van der Waals surface area contributed by atoms with Crippen molar-refractivity contribution >= 4 is 11.7 Å². The van der Waals surface area contributed by atoms with Crippen molar-refractivity contribution in [2.24, 2.45) is 11.8 Å². The van der Waals surface area contributed by atoms with Gasteiger partial charge in [-0.15, -0.1) is 0 Å². The smallest absolute Gasteiger partial charge is 0.251 e. The molecule has 1 aromatic rings. The molecular formula is C17H25N3O. The van der Waals surface area contributed by atoms with E-state index in [-0.39, 0.29) is 5.91 Å². The summed E-state index contributed by atoms with van der Waals surface area (Å²) in [7, 11) is 1.84. The fourth-order valence-corrected chi connectivity index (χ4v) is 3.78. The van der Waals surface area contributed by atoms with Crippen LogP contribution >= 0.6 is 0 Å². The Kier molecular flexibility index (Phi) is 3.87. The second-order valence-electron chi connectivity index (χ2n) is 6.83. The lowest BCUT2D eigenvalue weighted by Gasteiger charge is -2.23. The molecule has 4 nitrogen and oxygen atoms in total. The van der Waals surface area contributed by atoms with Crippen LogP contribution in [0.4, 0.5) is 5.82 Å². The average Bonchev–Trinajstić information content (AvgIpc) is 3.09. The number of anilines is 1. The molecule has 2 aliphatic carbocycles. The first-order valence-corrected chi connectivity index (χ1v) is 8.07. The number of hydrogen-bond donors (Lipinski definition) is 2. The van der Waals surface area contributed by atoms with Gasteiger partial charge in [-0.2, -0.15) is 0 Å². The van der Waals surface area contributed by atoms with E-state index in [0.717, 1.165) is 29.4 Å². The van der Waals surface area contributed by atoms with Crippen molar-refractivity contribution in [3.63, 3.8) is 0 Å². The second kappa shape index (κ2) is 5.66. The van der Waals surface area contributed by atoms with Crippen LogP contribution in [-0.2, 0) is 0 Å². The van der Waals surface area contributed by atoms with Crippen LogP contribution in [0.15, 0.2) is 12.1 Å². The molecule has 3 rings (SSSR count). The summed E-state index contributed by atoms with van der Waals surface area (Å²) in [5, 5.41) is 6.30. The maximum atomic E-state index is 12.6. The topological polar surface area (TPSA) is 54.0 Å². The Morgan fingerprint density at radius 1 is 1.29 bits per heavy atom. The largest absolute Gasteiger partial charge is 0.373 e. The predicted octanol–water partition coefficient (Wildman–Crippen LogP) is 3.17. The van der Waals surface area contributed by atoms with Crippen LogP contribution in [0.5, 0.6) is 0 Å². The van der Waals surface area contributed by atoms with Crippen molar-refractivity contribution in [2.75, 3.05) is 12.4 Å². The Hall–Kier alpha value is -1.58. The van der Waals surface area contributed by atoms with E-state index in [9.17, 15) is 4.79 Å². The summed E-state index contributed by atoms with van der Waals surface area (Å²) in [5.74, 6) is 2.67. The van der Waals surface area contributed by atoms with Gasteiger partial charge in [-0.1, -0.05) is 20.3 Å². The molecule has 2 saturated carbocycles. The molecule has 1 heterocycles. The minimum Gasteiger partial charge on any atom is -0.373 e. The molecular weight excluding hydrogens is 262 g/mol. The van der Waals surface area contributed by atoms with E-state index < -0.39 is 0 Å². The maximum Gasteiger partial charge on any atom is 0.251 e. The molecule has 2 aliphatic rings. The average molecular weight is 287 g/mol. The van der Waals surface area contributed by atoms with Crippen molar-refractivity contribution in [2.45, 2.75) is 51.5 Å². The SMILES string of the molecule is CNc1cc(C(=O)NC2CC3CCC2C3)cc(C(C)C)n1. The van der Waals surface area contributed by atoms with Crippen LogP contribution in [0, 0.1) is 11.8 Å². The fourth-order valence-electron chi connectivity index (χ4n) is 3.78. The molecule has 2 bridgehead atoms. The molecule has 3 unspecified atom stereocenters. The first-order valence-electron chi connectivity index (χ1n) is 8.07. The number of fused-ring (bicyclic) bond motifs is 2. The highest BCUT2D eigenvalue weighted by Crippen LogP contribution is 2.44. The lowest BCUT2D eigenvalue weighted by Crippen LogP contribution is -2.38. The number of amides is 1. The lowest BCUT2D eigenvalue weighted by atomic mass is 9.95. The van der Waals surface area contributed by atoms with Gasteiger partial charge in [0.25, 0.3) is 5.91 Å². The second-order valence-corrected chi connectivity index (χ2v) is 6.83. The normalized spacial score (nSPS) is 27.1. The van der Waals surface area contributed by atoms with Crippen LogP contribution < -0.4 is 10.6 Å². The first kappa shape index (κ1) is 14.4. The minimum absolute atomic E-state index is 0.0494. The molecule has 4 heteroatoms. The van der Waals surface area contributed by atoms with E-state index in [1.165, 1.54) is 19.3 Å². The molecule has 3 atom stereocenters. The third-order valence-corrected chi connectivity index (χ3v) is 5.01. The van der Waals surface area contributed by atoms with Gasteiger partial charge in [0.15, 0.2) is 0 Å². The summed E-state index contributed by atoms with van der Waals surface area (Å²) in [6.07, 6.45) is 5.11. The number of nitrogens with one attached hydrogen (secondary N) is 2.